The summed E-state index contributed by atoms with van der Waals surface area (Å²) in [4.78, 5) is 0. The Morgan fingerprint density at radius 1 is 0.900 bits per heavy atom. The molecule has 0 aromatic heterocycles. The molecule has 0 spiro atoms. The maximum Gasteiger partial charge on any atom is 0.263 e. The van der Waals surface area contributed by atoms with E-state index in [1.54, 1.807) is 0 Å². The molecule has 0 radical (unpaired) electrons. The van der Waals surface area contributed by atoms with Crippen LogP contribution in [-0.4, -0.2) is 0 Å². The van der Waals surface area contributed by atoms with Crippen LogP contribution < -0.4 is 5.32 Å². The summed E-state index contributed by atoms with van der Waals surface area (Å²) in [6, 6.07) is 7.15. The van der Waals surface area contributed by atoms with Crippen molar-refractivity contribution < 1.29 is 22.0 Å². The number of anilines is 1. The number of rotatable bonds is 4. The fourth-order valence-corrected chi connectivity index (χ4v) is 1.64. The number of alkyl halides is 2. The van der Waals surface area contributed by atoms with Gasteiger partial charge >= 0.3 is 0 Å². The van der Waals surface area contributed by atoms with Gasteiger partial charge in [0.1, 0.15) is 0 Å². The van der Waals surface area contributed by atoms with Gasteiger partial charge in [-0.15, -0.1) is 0 Å². The molecule has 0 amide bonds. The van der Waals surface area contributed by atoms with Crippen LogP contribution in [0.1, 0.15) is 17.6 Å². The summed E-state index contributed by atoms with van der Waals surface area (Å²) in [5.74, 6) is -4.11. The third-order valence-corrected chi connectivity index (χ3v) is 2.71. The van der Waals surface area contributed by atoms with Gasteiger partial charge in [0.25, 0.3) is 6.43 Å². The van der Waals surface area contributed by atoms with Crippen molar-refractivity contribution in [1.82, 2.24) is 0 Å². The predicted molar refractivity (Wildman–Crippen MR) is 65.0 cm³/mol. The Labute approximate surface area is 112 Å². The highest BCUT2D eigenvalue weighted by Crippen LogP contribution is 2.20. The summed E-state index contributed by atoms with van der Waals surface area (Å²) in [7, 11) is 0. The van der Waals surface area contributed by atoms with E-state index in [-0.39, 0.29) is 17.8 Å². The Kier molecular flexibility index (Phi) is 4.22. The average Bonchev–Trinajstić information content (AvgIpc) is 2.42. The quantitative estimate of drug-likeness (QED) is 0.637. The topological polar surface area (TPSA) is 12.0 Å². The van der Waals surface area contributed by atoms with E-state index in [0.717, 1.165) is 12.1 Å². The molecule has 0 heterocycles. The smallest absolute Gasteiger partial charge is 0.263 e. The van der Waals surface area contributed by atoms with Crippen LogP contribution in [0.5, 0.6) is 0 Å². The Morgan fingerprint density at radius 2 is 1.45 bits per heavy atom. The molecule has 6 heteroatoms. The molecule has 0 atom stereocenters. The molecular formula is C14H10F5N. The summed E-state index contributed by atoms with van der Waals surface area (Å²) in [5, 5.41) is 2.68. The number of halogens is 5. The first-order valence-electron chi connectivity index (χ1n) is 5.73. The highest BCUT2D eigenvalue weighted by molar-refractivity contribution is 5.44. The van der Waals surface area contributed by atoms with Crippen LogP contribution in [0.4, 0.5) is 27.6 Å². The minimum absolute atomic E-state index is 0.0688. The Hall–Kier alpha value is -2.11. The van der Waals surface area contributed by atoms with Gasteiger partial charge in [0, 0.05) is 29.9 Å². The third kappa shape index (κ3) is 3.26. The van der Waals surface area contributed by atoms with Gasteiger partial charge in [-0.2, -0.15) is 0 Å². The molecule has 0 aliphatic rings. The van der Waals surface area contributed by atoms with Gasteiger partial charge in [-0.25, -0.2) is 22.0 Å². The van der Waals surface area contributed by atoms with Crippen LogP contribution in [0.2, 0.25) is 0 Å². The molecule has 0 saturated carbocycles. The van der Waals surface area contributed by atoms with Crippen molar-refractivity contribution in [3.63, 3.8) is 0 Å². The maximum absolute atomic E-state index is 13.0. The molecule has 0 unspecified atom stereocenters. The third-order valence-electron chi connectivity index (χ3n) is 2.71. The number of nitrogens with one attached hydrogen (secondary N) is 1. The van der Waals surface area contributed by atoms with Crippen LogP contribution in [0.15, 0.2) is 36.4 Å². The number of hydrogen-bond donors (Lipinski definition) is 1. The lowest BCUT2D eigenvalue weighted by atomic mass is 10.1. The molecular weight excluding hydrogens is 277 g/mol. The molecule has 106 valence electrons. The molecule has 0 fully saturated rings. The first kappa shape index (κ1) is 14.3. The first-order chi connectivity index (χ1) is 9.47. The lowest BCUT2D eigenvalue weighted by molar-refractivity contribution is 0.151. The van der Waals surface area contributed by atoms with Crippen molar-refractivity contribution in [3.8, 4) is 0 Å². The second kappa shape index (κ2) is 5.90. The summed E-state index contributed by atoms with van der Waals surface area (Å²) >= 11 is 0. The molecule has 2 rings (SSSR count). The van der Waals surface area contributed by atoms with E-state index in [1.165, 1.54) is 24.3 Å². The second-order valence-corrected chi connectivity index (χ2v) is 4.15. The molecule has 0 bridgehead atoms. The molecule has 1 N–H and O–H groups in total. The van der Waals surface area contributed by atoms with Crippen LogP contribution >= 0.6 is 0 Å². The van der Waals surface area contributed by atoms with Crippen molar-refractivity contribution in [2.45, 2.75) is 13.0 Å². The van der Waals surface area contributed by atoms with Crippen molar-refractivity contribution >= 4 is 5.69 Å². The van der Waals surface area contributed by atoms with Crippen LogP contribution in [0.25, 0.3) is 0 Å². The van der Waals surface area contributed by atoms with Crippen molar-refractivity contribution in [1.29, 1.82) is 0 Å². The zero-order valence-electron chi connectivity index (χ0n) is 10.1. The molecule has 0 aliphatic heterocycles. The molecule has 0 saturated heterocycles. The van der Waals surface area contributed by atoms with Gasteiger partial charge in [-0.3, -0.25) is 0 Å². The molecule has 1 nitrogen and oxygen atoms in total. The molecule has 2 aromatic carbocycles. The normalized spacial score (nSPS) is 10.9. The standard InChI is InChI=1S/C14H10F5N/c15-11-5-10(6-12(16)13(11)17)20-7-8-1-3-9(4-2-8)14(18)19/h1-6,14,20H,7H2. The van der Waals surface area contributed by atoms with Gasteiger partial charge in [0.05, 0.1) is 0 Å². The highest BCUT2D eigenvalue weighted by Gasteiger charge is 2.10. The van der Waals surface area contributed by atoms with Gasteiger partial charge in [0.2, 0.25) is 0 Å². The van der Waals surface area contributed by atoms with E-state index < -0.39 is 23.9 Å². The number of hydrogen-bond acceptors (Lipinski definition) is 1. The van der Waals surface area contributed by atoms with Crippen molar-refractivity contribution in [2.24, 2.45) is 0 Å². The van der Waals surface area contributed by atoms with Crippen LogP contribution in [0, 0.1) is 17.5 Å². The van der Waals surface area contributed by atoms with Crippen LogP contribution in [-0.2, 0) is 6.54 Å². The fourth-order valence-electron chi connectivity index (χ4n) is 1.64. The van der Waals surface area contributed by atoms with E-state index in [1.807, 2.05) is 0 Å². The summed E-state index contributed by atoms with van der Waals surface area (Å²) in [6.07, 6.45) is -2.54. The van der Waals surface area contributed by atoms with Crippen molar-refractivity contribution in [3.05, 3.63) is 65.0 Å². The monoisotopic (exact) mass is 287 g/mol. The Morgan fingerprint density at radius 3 is 1.95 bits per heavy atom. The van der Waals surface area contributed by atoms with E-state index in [4.69, 9.17) is 0 Å². The first-order valence-corrected chi connectivity index (χ1v) is 5.73. The second-order valence-electron chi connectivity index (χ2n) is 4.15. The van der Waals surface area contributed by atoms with Crippen molar-refractivity contribution in [2.75, 3.05) is 5.32 Å². The predicted octanol–water partition coefficient (Wildman–Crippen LogP) is 4.65. The minimum Gasteiger partial charge on any atom is -0.381 e. The summed E-state index contributed by atoms with van der Waals surface area (Å²) in [5.41, 5.74) is 0.617. The van der Waals surface area contributed by atoms with Gasteiger partial charge in [-0.05, 0) is 5.56 Å². The number of benzene rings is 2. The molecule has 0 aliphatic carbocycles. The van der Waals surface area contributed by atoms with E-state index in [2.05, 4.69) is 5.32 Å². The minimum atomic E-state index is -2.54. The fraction of sp³-hybridized carbons (Fsp3) is 0.143. The SMILES string of the molecule is Fc1cc(NCc2ccc(C(F)F)cc2)cc(F)c1F. The van der Waals surface area contributed by atoms with Gasteiger partial charge in [-0.1, -0.05) is 24.3 Å². The Bertz CT molecular complexity index is 572. The highest BCUT2D eigenvalue weighted by atomic mass is 19.3. The summed E-state index contributed by atoms with van der Waals surface area (Å²) < 4.78 is 63.4. The van der Waals surface area contributed by atoms with Gasteiger partial charge < -0.3 is 5.32 Å². The Balaban J connectivity index is 2.05. The zero-order chi connectivity index (χ0) is 14.7. The zero-order valence-corrected chi connectivity index (χ0v) is 10.1. The summed E-state index contributed by atoms with van der Waals surface area (Å²) in [6.45, 7) is 0.175. The van der Waals surface area contributed by atoms with Crippen LogP contribution in [0.3, 0.4) is 0 Å². The lowest BCUT2D eigenvalue weighted by Crippen LogP contribution is -2.02. The van der Waals surface area contributed by atoms with Gasteiger partial charge in [0.15, 0.2) is 17.5 Å². The largest absolute Gasteiger partial charge is 0.381 e. The lowest BCUT2D eigenvalue weighted by Gasteiger charge is -2.08. The van der Waals surface area contributed by atoms with E-state index in [9.17, 15) is 22.0 Å². The maximum atomic E-state index is 13.0. The van der Waals surface area contributed by atoms with E-state index in [0.29, 0.717) is 5.56 Å². The molecule has 2 aromatic rings. The molecule has 20 heavy (non-hydrogen) atoms. The average molecular weight is 287 g/mol. The van der Waals surface area contributed by atoms with E-state index >= 15 is 0 Å².